The molecule has 2 rings (SSSR count). The SMILES string of the molecule is CSC1(CN2C(=O)C(C(C)(C)C)NC(=O)C2C)CCC1. The molecule has 1 heterocycles. The molecular weight excluding hydrogens is 272 g/mol. The Morgan fingerprint density at radius 1 is 1.35 bits per heavy atom. The first kappa shape index (κ1) is 15.7. The Balaban J connectivity index is 2.20. The minimum absolute atomic E-state index is 0.0277. The molecule has 0 aromatic carbocycles. The van der Waals surface area contributed by atoms with Crippen molar-refractivity contribution in [1.29, 1.82) is 0 Å². The molecule has 0 aromatic heterocycles. The number of nitrogens with zero attached hydrogens (tertiary/aromatic N) is 1. The Bertz CT molecular complexity index is 407. The van der Waals surface area contributed by atoms with Crippen molar-refractivity contribution >= 4 is 23.6 Å². The third kappa shape index (κ3) is 2.69. The molecule has 0 aromatic rings. The maximum atomic E-state index is 12.8. The highest BCUT2D eigenvalue weighted by molar-refractivity contribution is 8.00. The summed E-state index contributed by atoms with van der Waals surface area (Å²) in [5.41, 5.74) is -0.253. The highest BCUT2D eigenvalue weighted by Gasteiger charge is 2.47. The van der Waals surface area contributed by atoms with E-state index < -0.39 is 6.04 Å². The monoisotopic (exact) mass is 298 g/mol. The van der Waals surface area contributed by atoms with Gasteiger partial charge in [-0.2, -0.15) is 11.8 Å². The number of thioether (sulfide) groups is 1. The van der Waals surface area contributed by atoms with Crippen molar-refractivity contribution in [2.45, 2.75) is 63.8 Å². The number of carbonyl (C=O) groups excluding carboxylic acids is 2. The lowest BCUT2D eigenvalue weighted by molar-refractivity contribution is -0.152. The first-order valence-corrected chi connectivity index (χ1v) is 8.59. The predicted molar refractivity (Wildman–Crippen MR) is 82.7 cm³/mol. The molecule has 5 heteroatoms. The van der Waals surface area contributed by atoms with Gasteiger partial charge < -0.3 is 10.2 Å². The van der Waals surface area contributed by atoms with Gasteiger partial charge in [-0.3, -0.25) is 9.59 Å². The largest absolute Gasteiger partial charge is 0.342 e. The third-order valence-electron chi connectivity index (χ3n) is 4.69. The fraction of sp³-hybridized carbons (Fsp3) is 0.867. The minimum Gasteiger partial charge on any atom is -0.342 e. The van der Waals surface area contributed by atoms with Gasteiger partial charge in [-0.25, -0.2) is 0 Å². The molecule has 2 atom stereocenters. The first-order chi connectivity index (χ1) is 9.20. The van der Waals surface area contributed by atoms with E-state index in [1.54, 1.807) is 0 Å². The van der Waals surface area contributed by atoms with E-state index in [9.17, 15) is 9.59 Å². The van der Waals surface area contributed by atoms with Crippen LogP contribution >= 0.6 is 11.8 Å². The van der Waals surface area contributed by atoms with E-state index in [1.165, 1.54) is 6.42 Å². The number of nitrogens with one attached hydrogen (secondary N) is 1. The van der Waals surface area contributed by atoms with Gasteiger partial charge in [-0.05, 0) is 31.4 Å². The summed E-state index contributed by atoms with van der Waals surface area (Å²) in [4.78, 5) is 26.7. The van der Waals surface area contributed by atoms with E-state index in [0.717, 1.165) is 12.8 Å². The van der Waals surface area contributed by atoms with Crippen LogP contribution in [-0.4, -0.2) is 46.3 Å². The van der Waals surface area contributed by atoms with Crippen molar-refractivity contribution in [3.05, 3.63) is 0 Å². The van der Waals surface area contributed by atoms with Gasteiger partial charge in [0.25, 0.3) is 0 Å². The quantitative estimate of drug-likeness (QED) is 0.867. The van der Waals surface area contributed by atoms with E-state index in [4.69, 9.17) is 0 Å². The molecule has 1 aliphatic heterocycles. The summed E-state index contributed by atoms with van der Waals surface area (Å²) >= 11 is 1.84. The summed E-state index contributed by atoms with van der Waals surface area (Å²) in [6.45, 7) is 8.53. The van der Waals surface area contributed by atoms with Crippen LogP contribution in [0.2, 0.25) is 0 Å². The summed E-state index contributed by atoms with van der Waals surface area (Å²) < 4.78 is 0.171. The van der Waals surface area contributed by atoms with Crippen LogP contribution in [0.4, 0.5) is 0 Å². The van der Waals surface area contributed by atoms with Gasteiger partial charge in [0.1, 0.15) is 12.1 Å². The van der Waals surface area contributed by atoms with Crippen molar-refractivity contribution in [2.75, 3.05) is 12.8 Å². The number of amides is 2. The van der Waals surface area contributed by atoms with Crippen LogP contribution < -0.4 is 5.32 Å². The molecule has 1 saturated heterocycles. The Kier molecular flexibility index (Phi) is 4.11. The maximum absolute atomic E-state index is 12.8. The molecule has 1 N–H and O–H groups in total. The molecule has 2 amide bonds. The molecule has 4 nitrogen and oxygen atoms in total. The van der Waals surface area contributed by atoms with E-state index in [-0.39, 0.29) is 28.0 Å². The molecule has 1 aliphatic carbocycles. The molecule has 0 spiro atoms. The van der Waals surface area contributed by atoms with E-state index in [0.29, 0.717) is 6.54 Å². The van der Waals surface area contributed by atoms with Gasteiger partial charge in [0, 0.05) is 11.3 Å². The summed E-state index contributed by atoms with van der Waals surface area (Å²) in [7, 11) is 0. The fourth-order valence-corrected chi connectivity index (χ4v) is 3.90. The Morgan fingerprint density at radius 2 is 1.95 bits per heavy atom. The lowest BCUT2D eigenvalue weighted by Gasteiger charge is -2.49. The Labute approximate surface area is 126 Å². The van der Waals surface area contributed by atoms with Crippen molar-refractivity contribution in [3.8, 4) is 0 Å². The molecule has 2 unspecified atom stereocenters. The van der Waals surface area contributed by atoms with Crippen LogP contribution in [0.25, 0.3) is 0 Å². The summed E-state index contributed by atoms with van der Waals surface area (Å²) in [5, 5.41) is 2.89. The smallest absolute Gasteiger partial charge is 0.246 e. The van der Waals surface area contributed by atoms with Gasteiger partial charge in [-0.1, -0.05) is 27.2 Å². The van der Waals surface area contributed by atoms with Crippen molar-refractivity contribution in [1.82, 2.24) is 10.2 Å². The van der Waals surface area contributed by atoms with Crippen molar-refractivity contribution in [2.24, 2.45) is 5.41 Å². The number of piperazine rings is 1. The number of carbonyl (C=O) groups is 2. The second-order valence-corrected chi connectivity index (χ2v) is 8.46. The molecule has 114 valence electrons. The molecular formula is C15H26N2O2S. The molecule has 1 saturated carbocycles. The summed E-state index contributed by atoms with van der Waals surface area (Å²) in [6, 6.07) is -0.768. The summed E-state index contributed by atoms with van der Waals surface area (Å²) in [5.74, 6) is 0.0463. The molecule has 2 aliphatic rings. The topological polar surface area (TPSA) is 49.4 Å². The van der Waals surface area contributed by atoms with Gasteiger partial charge in [0.15, 0.2) is 0 Å². The van der Waals surface area contributed by atoms with Crippen molar-refractivity contribution in [3.63, 3.8) is 0 Å². The van der Waals surface area contributed by atoms with Gasteiger partial charge >= 0.3 is 0 Å². The third-order valence-corrected chi connectivity index (χ3v) is 6.09. The van der Waals surface area contributed by atoms with E-state index >= 15 is 0 Å². The van der Waals surface area contributed by atoms with Crippen LogP contribution in [-0.2, 0) is 9.59 Å². The lowest BCUT2D eigenvalue weighted by Crippen LogP contribution is -2.67. The average molecular weight is 298 g/mol. The predicted octanol–water partition coefficient (Wildman–Crippen LogP) is 2.03. The first-order valence-electron chi connectivity index (χ1n) is 7.36. The van der Waals surface area contributed by atoms with Gasteiger partial charge in [0.2, 0.25) is 11.8 Å². The van der Waals surface area contributed by atoms with Crippen LogP contribution in [0.15, 0.2) is 0 Å². The Hall–Kier alpha value is -0.710. The zero-order chi connectivity index (χ0) is 15.1. The zero-order valence-corrected chi connectivity index (χ0v) is 14.0. The van der Waals surface area contributed by atoms with E-state index in [2.05, 4.69) is 11.6 Å². The number of rotatable bonds is 3. The fourth-order valence-electron chi connectivity index (χ4n) is 2.93. The Morgan fingerprint density at radius 3 is 2.35 bits per heavy atom. The van der Waals surface area contributed by atoms with Crippen LogP contribution in [0.3, 0.4) is 0 Å². The number of hydrogen-bond donors (Lipinski definition) is 1. The highest BCUT2D eigenvalue weighted by Crippen LogP contribution is 2.44. The normalized spacial score (nSPS) is 29.9. The van der Waals surface area contributed by atoms with Crippen LogP contribution in [0.1, 0.15) is 47.0 Å². The number of hydrogen-bond acceptors (Lipinski definition) is 3. The van der Waals surface area contributed by atoms with Gasteiger partial charge in [0.05, 0.1) is 0 Å². The molecule has 0 radical (unpaired) electrons. The maximum Gasteiger partial charge on any atom is 0.246 e. The van der Waals surface area contributed by atoms with E-state index in [1.807, 2.05) is 44.4 Å². The second-order valence-electron chi connectivity index (χ2n) is 7.19. The highest BCUT2D eigenvalue weighted by atomic mass is 32.2. The standard InChI is InChI=1S/C15H26N2O2S/c1-10-12(18)16-11(14(2,3)4)13(19)17(10)9-15(20-5)7-6-8-15/h10-11H,6-9H2,1-5H3,(H,16,18). The van der Waals surface area contributed by atoms with Crippen LogP contribution in [0, 0.1) is 5.41 Å². The lowest BCUT2D eigenvalue weighted by atomic mass is 9.81. The second kappa shape index (κ2) is 5.24. The zero-order valence-electron chi connectivity index (χ0n) is 13.2. The molecule has 0 bridgehead atoms. The molecule has 2 fully saturated rings. The van der Waals surface area contributed by atoms with Gasteiger partial charge in [-0.15, -0.1) is 0 Å². The molecule has 20 heavy (non-hydrogen) atoms. The van der Waals surface area contributed by atoms with Crippen LogP contribution in [0.5, 0.6) is 0 Å². The summed E-state index contributed by atoms with van der Waals surface area (Å²) in [6.07, 6.45) is 5.63. The van der Waals surface area contributed by atoms with Crippen molar-refractivity contribution < 1.29 is 9.59 Å². The minimum atomic E-state index is -0.412. The average Bonchev–Trinajstić information content (AvgIpc) is 2.31.